The van der Waals surface area contributed by atoms with Crippen LogP contribution in [0, 0.1) is 12.3 Å². The van der Waals surface area contributed by atoms with E-state index in [0.29, 0.717) is 25.9 Å². The Morgan fingerprint density at radius 3 is 2.35 bits per heavy atom. The van der Waals surface area contributed by atoms with E-state index in [1.54, 1.807) is 24.3 Å². The zero-order chi connectivity index (χ0) is 18.6. The Morgan fingerprint density at radius 2 is 1.73 bits per heavy atom. The predicted molar refractivity (Wildman–Crippen MR) is 100 cm³/mol. The van der Waals surface area contributed by atoms with Gasteiger partial charge in [0.1, 0.15) is 5.41 Å². The molecule has 0 aliphatic heterocycles. The van der Waals surface area contributed by atoms with Crippen molar-refractivity contribution in [2.24, 2.45) is 5.41 Å². The van der Waals surface area contributed by atoms with Crippen LogP contribution in [0.2, 0.25) is 0 Å². The van der Waals surface area contributed by atoms with Crippen molar-refractivity contribution >= 4 is 11.8 Å². The molecule has 0 radical (unpaired) electrons. The summed E-state index contributed by atoms with van der Waals surface area (Å²) < 4.78 is 0. The van der Waals surface area contributed by atoms with Gasteiger partial charge in [0, 0.05) is 32.5 Å². The third-order valence-electron chi connectivity index (χ3n) is 5.00. The smallest absolute Gasteiger partial charge is 0.238 e. The fraction of sp³-hybridized carbons (Fsp3) is 0.381. The van der Waals surface area contributed by atoms with Crippen molar-refractivity contribution in [3.8, 4) is 0 Å². The van der Waals surface area contributed by atoms with Gasteiger partial charge in [-0.1, -0.05) is 29.8 Å². The van der Waals surface area contributed by atoms with Crippen LogP contribution in [-0.2, 0) is 22.6 Å². The molecule has 0 spiro atoms. The summed E-state index contributed by atoms with van der Waals surface area (Å²) in [6.45, 7) is 3.08. The number of hydrogen-bond donors (Lipinski definition) is 1. The molecule has 1 aromatic carbocycles. The number of amides is 2. The van der Waals surface area contributed by atoms with Gasteiger partial charge in [-0.3, -0.25) is 14.6 Å². The number of carbonyl (C=O) groups excluding carboxylic acids is 2. The van der Waals surface area contributed by atoms with Gasteiger partial charge in [0.15, 0.2) is 0 Å². The fourth-order valence-corrected chi connectivity index (χ4v) is 3.03. The van der Waals surface area contributed by atoms with Crippen LogP contribution in [0.25, 0.3) is 0 Å². The van der Waals surface area contributed by atoms with Gasteiger partial charge in [-0.15, -0.1) is 0 Å². The molecule has 1 aliphatic rings. The zero-order valence-corrected chi connectivity index (χ0v) is 15.4. The van der Waals surface area contributed by atoms with E-state index in [2.05, 4.69) is 10.3 Å². The number of nitrogens with zero attached hydrogens (tertiary/aromatic N) is 2. The van der Waals surface area contributed by atoms with Crippen LogP contribution < -0.4 is 5.32 Å². The van der Waals surface area contributed by atoms with Gasteiger partial charge in [-0.25, -0.2) is 0 Å². The molecule has 136 valence electrons. The number of likely N-dealkylation sites (N-methyl/N-ethyl adjacent to an activating group) is 1. The molecule has 2 amide bonds. The number of aryl methyl sites for hydroxylation is 1. The standard InChI is InChI=1S/C21H25N3O2/c1-16-3-5-18(6-4-16)15-23-19(25)21(10-11-21)20(26)24(2)14-9-17-7-12-22-13-8-17/h3-8,12-13H,9-11,14-15H2,1-2H3,(H,23,25). The Hall–Kier alpha value is -2.69. The highest BCUT2D eigenvalue weighted by Crippen LogP contribution is 2.47. The van der Waals surface area contributed by atoms with E-state index in [4.69, 9.17) is 0 Å². The van der Waals surface area contributed by atoms with E-state index in [0.717, 1.165) is 17.5 Å². The first-order chi connectivity index (χ1) is 12.5. The van der Waals surface area contributed by atoms with Crippen LogP contribution >= 0.6 is 0 Å². The molecule has 1 fully saturated rings. The SMILES string of the molecule is Cc1ccc(CNC(=O)C2(C(=O)N(C)CCc3ccncc3)CC2)cc1. The van der Waals surface area contributed by atoms with Crippen molar-refractivity contribution in [1.82, 2.24) is 15.2 Å². The molecular weight excluding hydrogens is 326 g/mol. The van der Waals surface area contributed by atoms with E-state index in [9.17, 15) is 9.59 Å². The largest absolute Gasteiger partial charge is 0.351 e. The first kappa shape index (κ1) is 18.1. The number of nitrogens with one attached hydrogen (secondary N) is 1. The molecule has 5 nitrogen and oxygen atoms in total. The van der Waals surface area contributed by atoms with Crippen molar-refractivity contribution in [1.29, 1.82) is 0 Å². The number of rotatable bonds is 7. The third-order valence-corrected chi connectivity index (χ3v) is 5.00. The molecule has 0 bridgehead atoms. The molecule has 5 heteroatoms. The van der Waals surface area contributed by atoms with Crippen LogP contribution in [0.5, 0.6) is 0 Å². The monoisotopic (exact) mass is 351 g/mol. The number of carbonyl (C=O) groups is 2. The van der Waals surface area contributed by atoms with E-state index in [1.807, 2.05) is 43.3 Å². The molecular formula is C21H25N3O2. The lowest BCUT2D eigenvalue weighted by atomic mass is 10.0. The number of hydrogen-bond acceptors (Lipinski definition) is 3. The summed E-state index contributed by atoms with van der Waals surface area (Å²) in [6, 6.07) is 11.9. The van der Waals surface area contributed by atoms with Crippen molar-refractivity contribution in [3.05, 3.63) is 65.5 Å². The van der Waals surface area contributed by atoms with Crippen molar-refractivity contribution in [2.75, 3.05) is 13.6 Å². The second-order valence-corrected chi connectivity index (χ2v) is 7.08. The highest BCUT2D eigenvalue weighted by Gasteiger charge is 2.57. The van der Waals surface area contributed by atoms with E-state index >= 15 is 0 Å². The second kappa shape index (κ2) is 7.68. The topological polar surface area (TPSA) is 62.3 Å². The van der Waals surface area contributed by atoms with Crippen LogP contribution in [0.15, 0.2) is 48.8 Å². The lowest BCUT2D eigenvalue weighted by Gasteiger charge is -2.23. The maximum atomic E-state index is 12.8. The average Bonchev–Trinajstić information content (AvgIpc) is 3.47. The highest BCUT2D eigenvalue weighted by molar-refractivity contribution is 6.07. The Labute approximate surface area is 154 Å². The molecule has 26 heavy (non-hydrogen) atoms. The summed E-state index contributed by atoms with van der Waals surface area (Å²) >= 11 is 0. The maximum absolute atomic E-state index is 12.8. The Morgan fingerprint density at radius 1 is 1.08 bits per heavy atom. The molecule has 1 heterocycles. The molecule has 3 rings (SSSR count). The first-order valence-corrected chi connectivity index (χ1v) is 8.99. The minimum absolute atomic E-state index is 0.0760. The first-order valence-electron chi connectivity index (χ1n) is 8.99. The van der Waals surface area contributed by atoms with Crippen molar-refractivity contribution in [3.63, 3.8) is 0 Å². The summed E-state index contributed by atoms with van der Waals surface area (Å²) in [7, 11) is 1.77. The van der Waals surface area contributed by atoms with Crippen LogP contribution in [0.4, 0.5) is 0 Å². The van der Waals surface area contributed by atoms with Gasteiger partial charge in [0.2, 0.25) is 11.8 Å². The predicted octanol–water partition coefficient (Wildman–Crippen LogP) is 2.49. The van der Waals surface area contributed by atoms with Gasteiger partial charge in [-0.05, 0) is 49.4 Å². The summed E-state index contributed by atoms with van der Waals surface area (Å²) in [5.74, 6) is -0.230. The lowest BCUT2D eigenvalue weighted by molar-refractivity contribution is -0.143. The fourth-order valence-electron chi connectivity index (χ4n) is 3.03. The number of benzene rings is 1. The van der Waals surface area contributed by atoms with Gasteiger partial charge in [0.25, 0.3) is 0 Å². The number of aromatic nitrogens is 1. The van der Waals surface area contributed by atoms with Gasteiger partial charge >= 0.3 is 0 Å². The van der Waals surface area contributed by atoms with Crippen molar-refractivity contribution in [2.45, 2.75) is 32.7 Å². The van der Waals surface area contributed by atoms with Gasteiger partial charge in [-0.2, -0.15) is 0 Å². The molecule has 2 aromatic rings. The van der Waals surface area contributed by atoms with E-state index < -0.39 is 5.41 Å². The van der Waals surface area contributed by atoms with E-state index in [-0.39, 0.29) is 11.8 Å². The zero-order valence-electron chi connectivity index (χ0n) is 15.4. The Balaban J connectivity index is 1.53. The molecule has 1 saturated carbocycles. The summed E-state index contributed by atoms with van der Waals surface area (Å²) in [5, 5.41) is 2.94. The minimum atomic E-state index is -0.863. The maximum Gasteiger partial charge on any atom is 0.238 e. The molecule has 0 saturated heterocycles. The van der Waals surface area contributed by atoms with Gasteiger partial charge in [0.05, 0.1) is 0 Å². The molecule has 1 N–H and O–H groups in total. The van der Waals surface area contributed by atoms with E-state index in [1.165, 1.54) is 5.56 Å². The summed E-state index contributed by atoms with van der Waals surface area (Å²) in [5.41, 5.74) is 2.49. The summed E-state index contributed by atoms with van der Waals surface area (Å²) in [4.78, 5) is 31.1. The van der Waals surface area contributed by atoms with Crippen molar-refractivity contribution < 1.29 is 9.59 Å². The quantitative estimate of drug-likeness (QED) is 0.780. The number of pyridine rings is 1. The summed E-state index contributed by atoms with van der Waals surface area (Å²) in [6.07, 6.45) is 5.51. The average molecular weight is 351 g/mol. The van der Waals surface area contributed by atoms with Crippen LogP contribution in [-0.4, -0.2) is 35.3 Å². The van der Waals surface area contributed by atoms with Gasteiger partial charge < -0.3 is 10.2 Å². The Kier molecular flexibility index (Phi) is 5.35. The normalized spacial score (nSPS) is 14.5. The van der Waals surface area contributed by atoms with Crippen LogP contribution in [0.3, 0.4) is 0 Å². The molecule has 0 atom stereocenters. The highest BCUT2D eigenvalue weighted by atomic mass is 16.2. The second-order valence-electron chi connectivity index (χ2n) is 7.08. The minimum Gasteiger partial charge on any atom is -0.351 e. The molecule has 1 aromatic heterocycles. The molecule has 1 aliphatic carbocycles. The third kappa shape index (κ3) is 4.10. The molecule has 0 unspecified atom stereocenters. The van der Waals surface area contributed by atoms with Crippen LogP contribution in [0.1, 0.15) is 29.5 Å². The Bertz CT molecular complexity index is 768. The lowest BCUT2D eigenvalue weighted by Crippen LogP contribution is -2.44.